The molecule has 0 saturated heterocycles. The van der Waals surface area contributed by atoms with Crippen molar-refractivity contribution in [3.05, 3.63) is 28.8 Å². The lowest BCUT2D eigenvalue weighted by atomic mass is 10.2. The van der Waals surface area contributed by atoms with Crippen molar-refractivity contribution >= 4 is 29.2 Å². The van der Waals surface area contributed by atoms with Crippen LogP contribution in [0.25, 0.3) is 0 Å². The summed E-state index contributed by atoms with van der Waals surface area (Å²) < 4.78 is 4.42. The molecule has 0 radical (unpaired) electrons. The Balaban J connectivity index is 3.04. The van der Waals surface area contributed by atoms with E-state index in [9.17, 15) is 4.79 Å². The molecule has 1 aromatic rings. The number of halogens is 1. The van der Waals surface area contributed by atoms with Crippen LogP contribution in [0.15, 0.2) is 23.4 Å². The molecule has 0 aliphatic rings. The Morgan fingerprint density at radius 2 is 2.31 bits per heavy atom. The molecule has 1 rings (SSSR count). The number of carbonyl (C=O) groups excluding carboxylic acids is 1. The zero-order chi connectivity index (χ0) is 12.1. The van der Waals surface area contributed by atoms with Gasteiger partial charge in [0.15, 0.2) is 5.84 Å². The number of rotatable bonds is 2. The van der Waals surface area contributed by atoms with Crippen molar-refractivity contribution < 1.29 is 14.7 Å². The van der Waals surface area contributed by atoms with E-state index >= 15 is 0 Å². The summed E-state index contributed by atoms with van der Waals surface area (Å²) in [5.74, 6) is -0.0791. The standard InChI is InChI=1S/C9H10ClN3O3/c1-16-9(14)12-7-4-5(8(11)13-15)2-3-6(7)10/h2-4,15H,1H3,(H2,11,13)(H,12,14). The first-order valence-electron chi connectivity index (χ1n) is 4.21. The van der Waals surface area contributed by atoms with E-state index in [1.807, 2.05) is 0 Å². The Hall–Kier alpha value is -1.95. The average Bonchev–Trinajstić information content (AvgIpc) is 2.30. The maximum Gasteiger partial charge on any atom is 0.411 e. The van der Waals surface area contributed by atoms with E-state index in [0.717, 1.165) is 0 Å². The first-order valence-corrected chi connectivity index (χ1v) is 4.58. The van der Waals surface area contributed by atoms with Gasteiger partial charge in [0.2, 0.25) is 0 Å². The van der Waals surface area contributed by atoms with Crippen LogP contribution in [0.5, 0.6) is 0 Å². The lowest BCUT2D eigenvalue weighted by molar-refractivity contribution is 0.187. The number of amidine groups is 1. The molecule has 0 aliphatic heterocycles. The quantitative estimate of drug-likeness (QED) is 0.318. The second-order valence-electron chi connectivity index (χ2n) is 2.80. The molecule has 0 aliphatic carbocycles. The molecule has 0 aromatic heterocycles. The summed E-state index contributed by atoms with van der Waals surface area (Å²) in [5, 5.41) is 14.0. The number of ether oxygens (including phenoxy) is 1. The highest BCUT2D eigenvalue weighted by molar-refractivity contribution is 6.33. The van der Waals surface area contributed by atoms with Gasteiger partial charge >= 0.3 is 6.09 Å². The fourth-order valence-corrected chi connectivity index (χ4v) is 1.16. The van der Waals surface area contributed by atoms with Crippen LogP contribution in [-0.4, -0.2) is 24.2 Å². The smallest absolute Gasteiger partial charge is 0.411 e. The second kappa shape index (κ2) is 5.22. The monoisotopic (exact) mass is 243 g/mol. The summed E-state index contributed by atoms with van der Waals surface area (Å²) in [5.41, 5.74) is 6.14. The van der Waals surface area contributed by atoms with Gasteiger partial charge in [0.25, 0.3) is 0 Å². The minimum absolute atomic E-state index is 0.0791. The third-order valence-corrected chi connectivity index (χ3v) is 2.12. The Bertz CT molecular complexity index is 434. The summed E-state index contributed by atoms with van der Waals surface area (Å²) in [6.45, 7) is 0. The number of methoxy groups -OCH3 is 1. The van der Waals surface area contributed by atoms with E-state index < -0.39 is 6.09 Å². The maximum absolute atomic E-state index is 11.0. The molecule has 1 amide bonds. The van der Waals surface area contributed by atoms with Gasteiger partial charge in [0, 0.05) is 5.56 Å². The highest BCUT2D eigenvalue weighted by Crippen LogP contribution is 2.23. The molecule has 86 valence electrons. The molecule has 4 N–H and O–H groups in total. The molecule has 16 heavy (non-hydrogen) atoms. The van der Waals surface area contributed by atoms with Gasteiger partial charge in [-0.25, -0.2) is 4.79 Å². The van der Waals surface area contributed by atoms with Gasteiger partial charge < -0.3 is 15.7 Å². The summed E-state index contributed by atoms with van der Waals surface area (Å²) >= 11 is 5.83. The first-order chi connectivity index (χ1) is 7.58. The van der Waals surface area contributed by atoms with Crippen molar-refractivity contribution in [2.45, 2.75) is 0 Å². The lowest BCUT2D eigenvalue weighted by Crippen LogP contribution is -2.15. The molecule has 0 fully saturated rings. The van der Waals surface area contributed by atoms with Gasteiger partial charge in [-0.15, -0.1) is 0 Å². The van der Waals surface area contributed by atoms with E-state index in [-0.39, 0.29) is 5.84 Å². The number of nitrogens with zero attached hydrogens (tertiary/aromatic N) is 1. The molecule has 7 heteroatoms. The van der Waals surface area contributed by atoms with Crippen molar-refractivity contribution in [3.8, 4) is 0 Å². The van der Waals surface area contributed by atoms with Crippen molar-refractivity contribution in [2.75, 3.05) is 12.4 Å². The first kappa shape index (κ1) is 12.1. The third kappa shape index (κ3) is 2.77. The SMILES string of the molecule is COC(=O)Nc1cc(C(N)=NO)ccc1Cl. The van der Waals surface area contributed by atoms with Crippen molar-refractivity contribution in [1.82, 2.24) is 0 Å². The minimum Gasteiger partial charge on any atom is -0.453 e. The lowest BCUT2D eigenvalue weighted by Gasteiger charge is -2.07. The number of oxime groups is 1. The van der Waals surface area contributed by atoms with Crippen LogP contribution < -0.4 is 11.1 Å². The van der Waals surface area contributed by atoms with Crippen LogP contribution in [0.1, 0.15) is 5.56 Å². The summed E-state index contributed by atoms with van der Waals surface area (Å²) in [4.78, 5) is 11.0. The van der Waals surface area contributed by atoms with Crippen molar-refractivity contribution in [1.29, 1.82) is 0 Å². The molecule has 0 unspecified atom stereocenters. The fourth-order valence-electron chi connectivity index (χ4n) is 0.999. The fraction of sp³-hybridized carbons (Fsp3) is 0.111. The number of nitrogens with two attached hydrogens (primary N) is 1. The van der Waals surface area contributed by atoms with E-state index in [1.54, 1.807) is 6.07 Å². The topological polar surface area (TPSA) is 96.9 Å². The predicted octanol–water partition coefficient (Wildman–Crippen LogP) is 1.61. The van der Waals surface area contributed by atoms with Crippen LogP contribution >= 0.6 is 11.6 Å². The zero-order valence-corrected chi connectivity index (χ0v) is 9.15. The zero-order valence-electron chi connectivity index (χ0n) is 8.40. The molecule has 0 heterocycles. The Morgan fingerprint density at radius 1 is 1.62 bits per heavy atom. The highest BCUT2D eigenvalue weighted by atomic mass is 35.5. The van der Waals surface area contributed by atoms with Crippen LogP contribution in [-0.2, 0) is 4.74 Å². The number of anilines is 1. The normalized spacial score (nSPS) is 11.0. The summed E-state index contributed by atoms with van der Waals surface area (Å²) in [7, 11) is 1.23. The Labute approximate surface area is 96.6 Å². The van der Waals surface area contributed by atoms with E-state index in [1.165, 1.54) is 19.2 Å². The van der Waals surface area contributed by atoms with E-state index in [4.69, 9.17) is 22.5 Å². The molecular formula is C9H10ClN3O3. The number of hydrogen-bond acceptors (Lipinski definition) is 4. The van der Waals surface area contributed by atoms with Crippen molar-refractivity contribution in [2.24, 2.45) is 10.9 Å². The van der Waals surface area contributed by atoms with Crippen LogP contribution in [0, 0.1) is 0 Å². The number of hydrogen-bond donors (Lipinski definition) is 3. The van der Waals surface area contributed by atoms with Gasteiger partial charge in [-0.05, 0) is 18.2 Å². The van der Waals surface area contributed by atoms with Gasteiger partial charge in [-0.1, -0.05) is 16.8 Å². The molecule has 0 bridgehead atoms. The predicted molar refractivity (Wildman–Crippen MR) is 60.0 cm³/mol. The molecule has 0 atom stereocenters. The van der Waals surface area contributed by atoms with Gasteiger partial charge in [0.1, 0.15) is 0 Å². The van der Waals surface area contributed by atoms with E-state index in [0.29, 0.717) is 16.3 Å². The number of amides is 1. The largest absolute Gasteiger partial charge is 0.453 e. The molecule has 0 saturated carbocycles. The Morgan fingerprint density at radius 3 is 2.88 bits per heavy atom. The average molecular weight is 244 g/mol. The highest BCUT2D eigenvalue weighted by Gasteiger charge is 2.08. The Kier molecular flexibility index (Phi) is 3.96. The van der Waals surface area contributed by atoms with Gasteiger partial charge in [-0.3, -0.25) is 5.32 Å². The molecule has 0 spiro atoms. The van der Waals surface area contributed by atoms with E-state index in [2.05, 4.69) is 15.2 Å². The molecule has 6 nitrogen and oxygen atoms in total. The molecular weight excluding hydrogens is 234 g/mol. The number of benzene rings is 1. The summed E-state index contributed by atoms with van der Waals surface area (Å²) in [6, 6.07) is 4.54. The van der Waals surface area contributed by atoms with Crippen LogP contribution in [0.4, 0.5) is 10.5 Å². The summed E-state index contributed by atoms with van der Waals surface area (Å²) in [6.07, 6.45) is -0.654. The third-order valence-electron chi connectivity index (χ3n) is 1.79. The second-order valence-corrected chi connectivity index (χ2v) is 3.20. The molecule has 1 aromatic carbocycles. The number of carbonyl (C=O) groups is 1. The number of nitrogens with one attached hydrogen (secondary N) is 1. The van der Waals surface area contributed by atoms with Crippen LogP contribution in [0.2, 0.25) is 5.02 Å². The minimum atomic E-state index is -0.654. The van der Waals surface area contributed by atoms with Gasteiger partial charge in [0.05, 0.1) is 17.8 Å². The van der Waals surface area contributed by atoms with Crippen molar-refractivity contribution in [3.63, 3.8) is 0 Å². The maximum atomic E-state index is 11.0. The van der Waals surface area contributed by atoms with Crippen LogP contribution in [0.3, 0.4) is 0 Å². The van der Waals surface area contributed by atoms with Gasteiger partial charge in [-0.2, -0.15) is 0 Å².